The zero-order valence-corrected chi connectivity index (χ0v) is 15.4. The second kappa shape index (κ2) is 8.90. The molecule has 28 heavy (non-hydrogen) atoms. The van der Waals surface area contributed by atoms with Gasteiger partial charge in [-0.25, -0.2) is 4.39 Å². The van der Waals surface area contributed by atoms with E-state index in [1.54, 1.807) is 61.7 Å². The van der Waals surface area contributed by atoms with Crippen molar-refractivity contribution >= 4 is 17.5 Å². The Morgan fingerprint density at radius 3 is 2.39 bits per heavy atom. The Bertz CT molecular complexity index is 970. The summed E-state index contributed by atoms with van der Waals surface area (Å²) in [7, 11) is 0. The molecule has 0 aliphatic rings. The van der Waals surface area contributed by atoms with Crippen LogP contribution in [0.1, 0.15) is 29.3 Å². The monoisotopic (exact) mass is 377 g/mol. The lowest BCUT2D eigenvalue weighted by molar-refractivity contribution is -0.115. The highest BCUT2D eigenvalue weighted by molar-refractivity contribution is 5.96. The van der Waals surface area contributed by atoms with Gasteiger partial charge < -0.3 is 10.6 Å². The van der Waals surface area contributed by atoms with Crippen LogP contribution in [0.25, 0.3) is 11.3 Å². The van der Waals surface area contributed by atoms with Crippen LogP contribution in [0.3, 0.4) is 0 Å². The third kappa shape index (κ3) is 4.79. The van der Waals surface area contributed by atoms with Gasteiger partial charge in [-0.3, -0.25) is 14.6 Å². The number of benzene rings is 2. The Morgan fingerprint density at radius 2 is 1.71 bits per heavy atom. The maximum absolute atomic E-state index is 12.9. The molecule has 3 rings (SSSR count). The van der Waals surface area contributed by atoms with Gasteiger partial charge in [-0.1, -0.05) is 31.2 Å². The van der Waals surface area contributed by atoms with E-state index in [4.69, 9.17) is 0 Å². The van der Waals surface area contributed by atoms with Gasteiger partial charge in [0.05, 0.1) is 11.4 Å². The summed E-state index contributed by atoms with van der Waals surface area (Å²) in [5.41, 5.74) is 3.38. The highest BCUT2D eigenvalue weighted by Crippen LogP contribution is 2.25. The Labute approximate surface area is 162 Å². The van der Waals surface area contributed by atoms with E-state index in [-0.39, 0.29) is 17.6 Å². The van der Waals surface area contributed by atoms with Crippen molar-refractivity contribution in [3.63, 3.8) is 0 Å². The Kier molecular flexibility index (Phi) is 6.11. The molecule has 142 valence electrons. The van der Waals surface area contributed by atoms with E-state index in [1.807, 2.05) is 0 Å². The summed E-state index contributed by atoms with van der Waals surface area (Å²) in [5.74, 6) is -0.628. The molecule has 0 saturated carbocycles. The molecule has 6 heteroatoms. The van der Waals surface area contributed by atoms with Crippen molar-refractivity contribution in [1.29, 1.82) is 0 Å². The molecule has 2 amide bonds. The zero-order chi connectivity index (χ0) is 19.9. The molecule has 2 N–H and O–H groups in total. The molecule has 0 saturated heterocycles. The molecule has 2 aromatic carbocycles. The largest absolute Gasteiger partial charge is 0.348 e. The summed E-state index contributed by atoms with van der Waals surface area (Å²) in [5, 5.41) is 5.64. The fraction of sp³-hybridized carbons (Fsp3) is 0.136. The first-order valence-electron chi connectivity index (χ1n) is 8.94. The van der Waals surface area contributed by atoms with Crippen LogP contribution in [0, 0.1) is 5.82 Å². The summed E-state index contributed by atoms with van der Waals surface area (Å²) >= 11 is 0. The number of aromatic nitrogens is 1. The third-order valence-electron chi connectivity index (χ3n) is 4.19. The fourth-order valence-electron chi connectivity index (χ4n) is 2.64. The normalized spacial score (nSPS) is 10.4. The van der Waals surface area contributed by atoms with Gasteiger partial charge >= 0.3 is 0 Å². The molecule has 5 nitrogen and oxygen atoms in total. The van der Waals surface area contributed by atoms with Gasteiger partial charge in [-0.05, 0) is 42.0 Å². The minimum Gasteiger partial charge on any atom is -0.348 e. The van der Waals surface area contributed by atoms with Crippen molar-refractivity contribution in [1.82, 2.24) is 10.3 Å². The predicted octanol–water partition coefficient (Wildman–Crippen LogP) is 4.17. The molecule has 0 atom stereocenters. The number of nitrogens with zero attached hydrogens (tertiary/aromatic N) is 1. The van der Waals surface area contributed by atoms with E-state index in [0.717, 1.165) is 11.1 Å². The molecule has 0 unspecified atom stereocenters. The van der Waals surface area contributed by atoms with Crippen LogP contribution >= 0.6 is 0 Å². The van der Waals surface area contributed by atoms with E-state index in [9.17, 15) is 14.0 Å². The number of carbonyl (C=O) groups excluding carboxylic acids is 2. The lowest BCUT2D eigenvalue weighted by atomic mass is 10.1. The van der Waals surface area contributed by atoms with Gasteiger partial charge in [0.2, 0.25) is 5.91 Å². The standard InChI is InChI=1S/C22H20FN3O2/c1-2-20(27)26-19-4-3-13-24-21(19)16-7-9-17(10-8-16)22(28)25-14-15-5-11-18(23)12-6-15/h3-13H,2,14H2,1H3,(H,25,28)(H,26,27). The highest BCUT2D eigenvalue weighted by Gasteiger charge is 2.10. The third-order valence-corrected chi connectivity index (χ3v) is 4.19. The molecule has 0 radical (unpaired) electrons. The maximum Gasteiger partial charge on any atom is 0.251 e. The van der Waals surface area contributed by atoms with Crippen LogP contribution < -0.4 is 10.6 Å². The summed E-state index contributed by atoms with van der Waals surface area (Å²) in [6.07, 6.45) is 2.03. The van der Waals surface area contributed by atoms with E-state index in [2.05, 4.69) is 15.6 Å². The van der Waals surface area contributed by atoms with Crippen LogP contribution in [-0.2, 0) is 11.3 Å². The molecule has 0 bridgehead atoms. The number of pyridine rings is 1. The quantitative estimate of drug-likeness (QED) is 0.677. The Morgan fingerprint density at radius 1 is 1.00 bits per heavy atom. The van der Waals surface area contributed by atoms with Crippen molar-refractivity contribution in [2.24, 2.45) is 0 Å². The molecule has 0 fully saturated rings. The van der Waals surface area contributed by atoms with Gasteiger partial charge in [0.1, 0.15) is 5.82 Å². The van der Waals surface area contributed by atoms with Crippen molar-refractivity contribution in [3.8, 4) is 11.3 Å². The van der Waals surface area contributed by atoms with E-state index >= 15 is 0 Å². The van der Waals surface area contributed by atoms with Crippen molar-refractivity contribution in [3.05, 3.63) is 83.8 Å². The summed E-state index contributed by atoms with van der Waals surface area (Å²) in [4.78, 5) is 28.4. The van der Waals surface area contributed by atoms with Gasteiger partial charge in [-0.15, -0.1) is 0 Å². The van der Waals surface area contributed by atoms with Crippen LogP contribution in [0.5, 0.6) is 0 Å². The minimum absolute atomic E-state index is 0.0916. The molecule has 0 aliphatic heterocycles. The smallest absolute Gasteiger partial charge is 0.251 e. The average Bonchev–Trinajstić information content (AvgIpc) is 2.73. The molecular weight excluding hydrogens is 357 g/mol. The molecule has 0 aliphatic carbocycles. The first kappa shape index (κ1) is 19.2. The predicted molar refractivity (Wildman–Crippen MR) is 106 cm³/mol. The SMILES string of the molecule is CCC(=O)Nc1cccnc1-c1ccc(C(=O)NCc2ccc(F)cc2)cc1. The average molecular weight is 377 g/mol. The number of anilines is 1. The number of halogens is 1. The number of carbonyl (C=O) groups is 2. The molecular formula is C22H20FN3O2. The first-order chi connectivity index (χ1) is 13.6. The second-order valence-electron chi connectivity index (χ2n) is 6.19. The van der Waals surface area contributed by atoms with Gasteiger partial charge in [0.25, 0.3) is 5.91 Å². The number of rotatable bonds is 6. The number of nitrogens with one attached hydrogen (secondary N) is 2. The van der Waals surface area contributed by atoms with Gasteiger partial charge in [0.15, 0.2) is 0 Å². The Hall–Kier alpha value is -3.54. The molecule has 1 heterocycles. The van der Waals surface area contributed by atoms with Crippen LogP contribution in [-0.4, -0.2) is 16.8 Å². The lowest BCUT2D eigenvalue weighted by Gasteiger charge is -2.10. The second-order valence-corrected chi connectivity index (χ2v) is 6.19. The van der Waals surface area contributed by atoms with Gasteiger partial charge in [0, 0.05) is 30.3 Å². The zero-order valence-electron chi connectivity index (χ0n) is 15.4. The van der Waals surface area contributed by atoms with Gasteiger partial charge in [-0.2, -0.15) is 0 Å². The molecule has 3 aromatic rings. The fourth-order valence-corrected chi connectivity index (χ4v) is 2.64. The number of amides is 2. The van der Waals surface area contributed by atoms with E-state index in [0.29, 0.717) is 29.9 Å². The van der Waals surface area contributed by atoms with Crippen LogP contribution in [0.2, 0.25) is 0 Å². The number of hydrogen-bond acceptors (Lipinski definition) is 3. The van der Waals surface area contributed by atoms with E-state index < -0.39 is 0 Å². The van der Waals surface area contributed by atoms with Crippen molar-refractivity contribution in [2.45, 2.75) is 19.9 Å². The first-order valence-corrected chi connectivity index (χ1v) is 8.94. The highest BCUT2D eigenvalue weighted by atomic mass is 19.1. The molecule has 0 spiro atoms. The van der Waals surface area contributed by atoms with E-state index in [1.165, 1.54) is 12.1 Å². The topological polar surface area (TPSA) is 71.1 Å². The minimum atomic E-state index is -0.310. The van der Waals surface area contributed by atoms with Crippen molar-refractivity contribution < 1.29 is 14.0 Å². The summed E-state index contributed by atoms with van der Waals surface area (Å²) in [6.45, 7) is 2.10. The summed E-state index contributed by atoms with van der Waals surface area (Å²) < 4.78 is 12.9. The van der Waals surface area contributed by atoms with Crippen LogP contribution in [0.4, 0.5) is 10.1 Å². The Balaban J connectivity index is 1.70. The summed E-state index contributed by atoms with van der Waals surface area (Å²) in [6, 6.07) is 16.5. The lowest BCUT2D eigenvalue weighted by Crippen LogP contribution is -2.22. The number of hydrogen-bond donors (Lipinski definition) is 2. The van der Waals surface area contributed by atoms with Crippen LogP contribution in [0.15, 0.2) is 66.9 Å². The maximum atomic E-state index is 12.9. The van der Waals surface area contributed by atoms with Crippen molar-refractivity contribution in [2.75, 3.05) is 5.32 Å². The molecule has 1 aromatic heterocycles.